The van der Waals surface area contributed by atoms with Crippen molar-refractivity contribution in [1.82, 2.24) is 4.72 Å². The first-order valence-corrected chi connectivity index (χ1v) is 8.52. The second kappa shape index (κ2) is 6.51. The van der Waals surface area contributed by atoms with Gasteiger partial charge in [-0.25, -0.2) is 13.1 Å². The number of hydrogen-bond donors (Lipinski definition) is 1. The van der Waals surface area contributed by atoms with Gasteiger partial charge in [0.1, 0.15) is 0 Å². The van der Waals surface area contributed by atoms with E-state index in [1.165, 1.54) is 31.2 Å². The molecule has 0 aliphatic rings. The Morgan fingerprint density at radius 3 is 2.29 bits per heavy atom. The summed E-state index contributed by atoms with van der Waals surface area (Å²) in [5.74, 6) is -0.0971. The SMILES string of the molecule is CC(=O)c1ccc(S(=O)(=O)NCc2ccccc2Br)cc1. The summed E-state index contributed by atoms with van der Waals surface area (Å²) in [4.78, 5) is 11.3. The Balaban J connectivity index is 2.15. The minimum Gasteiger partial charge on any atom is -0.295 e. The third kappa shape index (κ3) is 4.00. The summed E-state index contributed by atoms with van der Waals surface area (Å²) < 4.78 is 27.8. The molecule has 2 aromatic carbocycles. The largest absolute Gasteiger partial charge is 0.295 e. The van der Waals surface area contributed by atoms with E-state index >= 15 is 0 Å². The highest BCUT2D eigenvalue weighted by atomic mass is 79.9. The fourth-order valence-corrected chi connectivity index (χ4v) is 3.20. The minimum atomic E-state index is -3.60. The molecule has 0 unspecified atom stereocenters. The molecule has 0 spiro atoms. The number of halogens is 1. The highest BCUT2D eigenvalue weighted by molar-refractivity contribution is 9.10. The Labute approximate surface area is 132 Å². The molecule has 0 aromatic heterocycles. The molecule has 0 saturated carbocycles. The van der Waals surface area contributed by atoms with Crippen LogP contribution >= 0.6 is 15.9 Å². The molecule has 110 valence electrons. The van der Waals surface area contributed by atoms with Gasteiger partial charge in [0, 0.05) is 16.6 Å². The van der Waals surface area contributed by atoms with E-state index in [-0.39, 0.29) is 17.2 Å². The van der Waals surface area contributed by atoms with Gasteiger partial charge in [0.2, 0.25) is 10.0 Å². The molecular formula is C15H14BrNO3S. The van der Waals surface area contributed by atoms with Crippen molar-refractivity contribution >= 4 is 31.7 Å². The molecule has 2 aromatic rings. The molecule has 0 heterocycles. The first kappa shape index (κ1) is 15.9. The topological polar surface area (TPSA) is 63.2 Å². The van der Waals surface area contributed by atoms with E-state index in [1.54, 1.807) is 0 Å². The van der Waals surface area contributed by atoms with E-state index < -0.39 is 10.0 Å². The summed E-state index contributed by atoms with van der Waals surface area (Å²) in [6, 6.07) is 13.3. The predicted octanol–water partition coefficient (Wildman–Crippen LogP) is 3.13. The average Bonchev–Trinajstić information content (AvgIpc) is 2.46. The van der Waals surface area contributed by atoms with E-state index in [0.29, 0.717) is 5.56 Å². The maximum Gasteiger partial charge on any atom is 0.240 e. The lowest BCUT2D eigenvalue weighted by Gasteiger charge is -2.08. The summed E-state index contributed by atoms with van der Waals surface area (Å²) in [6.45, 7) is 1.63. The number of benzene rings is 2. The van der Waals surface area contributed by atoms with Crippen LogP contribution in [0.4, 0.5) is 0 Å². The molecule has 0 aliphatic heterocycles. The van der Waals surface area contributed by atoms with Crippen molar-refractivity contribution in [2.75, 3.05) is 0 Å². The number of rotatable bonds is 5. The quantitative estimate of drug-likeness (QED) is 0.825. The molecule has 0 aliphatic carbocycles. The Morgan fingerprint density at radius 1 is 1.10 bits per heavy atom. The van der Waals surface area contributed by atoms with Crippen LogP contribution < -0.4 is 4.72 Å². The maximum absolute atomic E-state index is 12.2. The zero-order valence-corrected chi connectivity index (χ0v) is 13.7. The van der Waals surface area contributed by atoms with Gasteiger partial charge in [-0.05, 0) is 30.7 Å². The zero-order chi connectivity index (χ0) is 15.5. The number of hydrogen-bond acceptors (Lipinski definition) is 3. The van der Waals surface area contributed by atoms with Crippen molar-refractivity contribution in [1.29, 1.82) is 0 Å². The van der Waals surface area contributed by atoms with Crippen LogP contribution in [0.15, 0.2) is 57.9 Å². The van der Waals surface area contributed by atoms with Gasteiger partial charge in [0.25, 0.3) is 0 Å². The van der Waals surface area contributed by atoms with Gasteiger partial charge in [-0.1, -0.05) is 46.3 Å². The molecular weight excluding hydrogens is 354 g/mol. The number of nitrogens with one attached hydrogen (secondary N) is 1. The second-order valence-electron chi connectivity index (χ2n) is 4.50. The van der Waals surface area contributed by atoms with Crippen LogP contribution in [0.5, 0.6) is 0 Å². The Kier molecular flexibility index (Phi) is 4.92. The van der Waals surface area contributed by atoms with Crippen molar-refractivity contribution < 1.29 is 13.2 Å². The van der Waals surface area contributed by atoms with Gasteiger partial charge in [-0.3, -0.25) is 4.79 Å². The van der Waals surface area contributed by atoms with Crippen LogP contribution in [0.3, 0.4) is 0 Å². The zero-order valence-electron chi connectivity index (χ0n) is 11.3. The van der Waals surface area contributed by atoms with Crippen molar-refractivity contribution in [3.8, 4) is 0 Å². The standard InChI is InChI=1S/C15H14BrNO3S/c1-11(18)12-6-8-14(9-7-12)21(19,20)17-10-13-4-2-3-5-15(13)16/h2-9,17H,10H2,1H3. The van der Waals surface area contributed by atoms with Gasteiger partial charge in [0.05, 0.1) is 4.90 Å². The monoisotopic (exact) mass is 367 g/mol. The lowest BCUT2D eigenvalue weighted by molar-refractivity contribution is 0.101. The number of carbonyl (C=O) groups is 1. The predicted molar refractivity (Wildman–Crippen MR) is 84.6 cm³/mol. The highest BCUT2D eigenvalue weighted by Gasteiger charge is 2.14. The number of ketones is 1. The van der Waals surface area contributed by atoms with Crippen molar-refractivity contribution in [2.24, 2.45) is 0 Å². The van der Waals surface area contributed by atoms with Crippen LogP contribution in [-0.2, 0) is 16.6 Å². The molecule has 2 rings (SSSR count). The van der Waals surface area contributed by atoms with Gasteiger partial charge >= 0.3 is 0 Å². The van der Waals surface area contributed by atoms with E-state index in [2.05, 4.69) is 20.7 Å². The smallest absolute Gasteiger partial charge is 0.240 e. The van der Waals surface area contributed by atoms with Crippen molar-refractivity contribution in [3.63, 3.8) is 0 Å². The van der Waals surface area contributed by atoms with Gasteiger partial charge in [-0.15, -0.1) is 0 Å². The molecule has 0 radical (unpaired) electrons. The van der Waals surface area contributed by atoms with E-state index in [1.807, 2.05) is 24.3 Å². The molecule has 21 heavy (non-hydrogen) atoms. The first-order chi connectivity index (χ1) is 9.90. The molecule has 0 amide bonds. The van der Waals surface area contributed by atoms with Crippen LogP contribution in [-0.4, -0.2) is 14.2 Å². The molecule has 0 saturated heterocycles. The Hall–Kier alpha value is -1.50. The molecule has 6 heteroatoms. The first-order valence-electron chi connectivity index (χ1n) is 6.24. The van der Waals surface area contributed by atoms with Crippen LogP contribution in [0, 0.1) is 0 Å². The van der Waals surface area contributed by atoms with Crippen molar-refractivity contribution in [3.05, 3.63) is 64.1 Å². The van der Waals surface area contributed by atoms with E-state index in [9.17, 15) is 13.2 Å². The Morgan fingerprint density at radius 2 is 1.71 bits per heavy atom. The van der Waals surface area contributed by atoms with E-state index in [4.69, 9.17) is 0 Å². The summed E-state index contributed by atoms with van der Waals surface area (Å²) in [5.41, 5.74) is 1.33. The maximum atomic E-state index is 12.2. The lowest BCUT2D eigenvalue weighted by Crippen LogP contribution is -2.23. The Bertz CT molecular complexity index is 755. The fourth-order valence-electron chi connectivity index (χ4n) is 1.77. The summed E-state index contributed by atoms with van der Waals surface area (Å²) in [6.07, 6.45) is 0. The fraction of sp³-hybridized carbons (Fsp3) is 0.133. The molecule has 0 atom stereocenters. The van der Waals surface area contributed by atoms with Gasteiger partial charge in [-0.2, -0.15) is 0 Å². The molecule has 1 N–H and O–H groups in total. The van der Waals surface area contributed by atoms with Gasteiger partial charge < -0.3 is 0 Å². The minimum absolute atomic E-state index is 0.0971. The molecule has 0 fully saturated rings. The van der Waals surface area contributed by atoms with E-state index in [0.717, 1.165) is 10.0 Å². The third-order valence-corrected chi connectivity index (χ3v) is 5.17. The van der Waals surface area contributed by atoms with Crippen LogP contribution in [0.1, 0.15) is 22.8 Å². The summed E-state index contributed by atoms with van der Waals surface area (Å²) in [7, 11) is -3.60. The molecule has 4 nitrogen and oxygen atoms in total. The van der Waals surface area contributed by atoms with Crippen molar-refractivity contribution in [2.45, 2.75) is 18.4 Å². The summed E-state index contributed by atoms with van der Waals surface area (Å²) in [5, 5.41) is 0. The third-order valence-electron chi connectivity index (χ3n) is 2.98. The number of carbonyl (C=O) groups excluding carboxylic acids is 1. The van der Waals surface area contributed by atoms with Crippen LogP contribution in [0.25, 0.3) is 0 Å². The highest BCUT2D eigenvalue weighted by Crippen LogP contribution is 2.17. The second-order valence-corrected chi connectivity index (χ2v) is 7.12. The van der Waals surface area contributed by atoms with Gasteiger partial charge in [0.15, 0.2) is 5.78 Å². The number of Topliss-reactive ketones (excluding diaryl/α,β-unsaturated/α-hetero) is 1. The van der Waals surface area contributed by atoms with Crippen LogP contribution in [0.2, 0.25) is 0 Å². The molecule has 0 bridgehead atoms. The summed E-state index contributed by atoms with van der Waals surface area (Å²) >= 11 is 3.37. The number of sulfonamides is 1. The lowest BCUT2D eigenvalue weighted by atomic mass is 10.2. The normalized spacial score (nSPS) is 11.3. The average molecular weight is 368 g/mol.